The Balaban J connectivity index is 0.00000124. The highest BCUT2D eigenvalue weighted by Crippen LogP contribution is 2.32. The molecule has 0 fully saturated rings. The molecule has 30 heavy (non-hydrogen) atoms. The highest BCUT2D eigenvalue weighted by molar-refractivity contribution is 5.56. The van der Waals surface area contributed by atoms with Crippen LogP contribution >= 0.6 is 0 Å². The zero-order valence-electron chi connectivity index (χ0n) is 18.0. The number of ether oxygens (including phenoxy) is 2. The molecule has 0 aliphatic carbocycles. The molecule has 1 N–H and O–H groups in total. The van der Waals surface area contributed by atoms with Crippen LogP contribution in [0.15, 0.2) is 48.5 Å². The molecule has 4 rings (SSSR count). The van der Waals surface area contributed by atoms with Crippen molar-refractivity contribution in [1.29, 1.82) is 0 Å². The topological polar surface area (TPSA) is 48.3 Å². The summed E-state index contributed by atoms with van der Waals surface area (Å²) in [6, 6.07) is 15.6. The van der Waals surface area contributed by atoms with Gasteiger partial charge >= 0.3 is 0 Å². The number of rotatable bonds is 8. The van der Waals surface area contributed by atoms with Crippen LogP contribution in [0.2, 0.25) is 0 Å². The summed E-state index contributed by atoms with van der Waals surface area (Å²) in [6.07, 6.45) is 2.02. The predicted octanol–water partition coefficient (Wildman–Crippen LogP) is 5.53. The van der Waals surface area contributed by atoms with Crippen molar-refractivity contribution in [2.24, 2.45) is 0 Å². The van der Waals surface area contributed by atoms with E-state index in [0.29, 0.717) is 24.6 Å². The minimum Gasteiger partial charge on any atom is -0.454 e. The SMILES string of the molecule is CC.CCCCn1c(-c2ccccc2)nc(F)c1CNCc1ccc2c(c1)OCO2. The number of hydrogen-bond acceptors (Lipinski definition) is 4. The summed E-state index contributed by atoms with van der Waals surface area (Å²) in [6.45, 7) is 8.15. The van der Waals surface area contributed by atoms with Crippen molar-refractivity contribution < 1.29 is 13.9 Å². The number of unbranched alkanes of at least 4 members (excludes halogenated alkanes) is 1. The normalized spacial score (nSPS) is 11.9. The van der Waals surface area contributed by atoms with E-state index in [9.17, 15) is 4.39 Å². The molecule has 160 valence electrons. The Morgan fingerprint density at radius 2 is 1.80 bits per heavy atom. The smallest absolute Gasteiger partial charge is 0.235 e. The Bertz CT molecular complexity index is 941. The van der Waals surface area contributed by atoms with Gasteiger partial charge in [0.15, 0.2) is 11.5 Å². The highest BCUT2D eigenvalue weighted by Gasteiger charge is 2.18. The van der Waals surface area contributed by atoms with Gasteiger partial charge in [0.05, 0.1) is 5.69 Å². The molecule has 0 unspecified atom stereocenters. The number of fused-ring (bicyclic) bond motifs is 1. The molecule has 1 aliphatic heterocycles. The second-order valence-corrected chi connectivity index (χ2v) is 6.84. The van der Waals surface area contributed by atoms with E-state index in [1.54, 1.807) is 0 Å². The maximum absolute atomic E-state index is 14.7. The summed E-state index contributed by atoms with van der Waals surface area (Å²) in [5, 5.41) is 3.33. The Morgan fingerprint density at radius 1 is 1.03 bits per heavy atom. The molecular weight excluding hydrogens is 381 g/mol. The van der Waals surface area contributed by atoms with Crippen molar-refractivity contribution in [1.82, 2.24) is 14.9 Å². The average Bonchev–Trinajstić information content (AvgIpc) is 3.38. The van der Waals surface area contributed by atoms with E-state index >= 15 is 0 Å². The van der Waals surface area contributed by atoms with Crippen molar-refractivity contribution in [2.45, 2.75) is 53.2 Å². The van der Waals surface area contributed by atoms with Crippen molar-refractivity contribution in [2.75, 3.05) is 6.79 Å². The van der Waals surface area contributed by atoms with Gasteiger partial charge in [-0.1, -0.05) is 63.6 Å². The van der Waals surface area contributed by atoms with Gasteiger partial charge in [-0.3, -0.25) is 0 Å². The van der Waals surface area contributed by atoms with Crippen LogP contribution in [-0.2, 0) is 19.6 Å². The summed E-state index contributed by atoms with van der Waals surface area (Å²) in [5.74, 6) is 1.80. The molecule has 0 saturated heterocycles. The van der Waals surface area contributed by atoms with E-state index in [0.717, 1.165) is 42.0 Å². The summed E-state index contributed by atoms with van der Waals surface area (Å²) >= 11 is 0. The number of nitrogens with one attached hydrogen (secondary N) is 1. The number of aromatic nitrogens is 2. The zero-order valence-corrected chi connectivity index (χ0v) is 18.0. The van der Waals surface area contributed by atoms with Gasteiger partial charge < -0.3 is 19.4 Å². The summed E-state index contributed by atoms with van der Waals surface area (Å²) in [4.78, 5) is 4.23. The van der Waals surface area contributed by atoms with Gasteiger partial charge in [0.25, 0.3) is 0 Å². The Labute approximate surface area is 177 Å². The van der Waals surface area contributed by atoms with E-state index in [1.807, 2.05) is 66.9 Å². The highest BCUT2D eigenvalue weighted by atomic mass is 19.1. The maximum Gasteiger partial charge on any atom is 0.235 e. The fourth-order valence-electron chi connectivity index (χ4n) is 3.37. The number of imidazole rings is 1. The molecule has 2 aromatic carbocycles. The lowest BCUT2D eigenvalue weighted by Gasteiger charge is -2.12. The van der Waals surface area contributed by atoms with E-state index in [2.05, 4.69) is 17.2 Å². The van der Waals surface area contributed by atoms with Crippen LogP contribution < -0.4 is 14.8 Å². The van der Waals surface area contributed by atoms with Gasteiger partial charge in [0.2, 0.25) is 12.7 Å². The average molecular weight is 412 g/mol. The van der Waals surface area contributed by atoms with Crippen LogP contribution in [0, 0.1) is 5.95 Å². The minimum atomic E-state index is -0.409. The van der Waals surface area contributed by atoms with E-state index in [1.165, 1.54) is 0 Å². The summed E-state index contributed by atoms with van der Waals surface area (Å²) < 4.78 is 27.4. The van der Waals surface area contributed by atoms with E-state index in [-0.39, 0.29) is 6.79 Å². The molecule has 0 saturated carbocycles. The van der Waals surface area contributed by atoms with E-state index in [4.69, 9.17) is 9.47 Å². The number of nitrogens with zero attached hydrogens (tertiary/aromatic N) is 2. The van der Waals surface area contributed by atoms with Gasteiger partial charge in [-0.25, -0.2) is 0 Å². The summed E-state index contributed by atoms with van der Waals surface area (Å²) in [5.41, 5.74) is 2.58. The quantitative estimate of drug-likeness (QED) is 0.529. The first-order chi connectivity index (χ1) is 14.8. The molecule has 0 spiro atoms. The van der Waals surface area contributed by atoms with Gasteiger partial charge in [-0.15, -0.1) is 0 Å². The second-order valence-electron chi connectivity index (χ2n) is 6.84. The zero-order chi connectivity index (χ0) is 21.3. The van der Waals surface area contributed by atoms with Crippen LogP contribution in [0.3, 0.4) is 0 Å². The molecule has 1 aromatic heterocycles. The van der Waals surface area contributed by atoms with Gasteiger partial charge in [-0.2, -0.15) is 9.37 Å². The first-order valence-electron chi connectivity index (χ1n) is 10.7. The molecule has 6 heteroatoms. The molecule has 0 radical (unpaired) electrons. The molecule has 0 amide bonds. The van der Waals surface area contributed by atoms with Crippen LogP contribution in [0.1, 0.15) is 44.9 Å². The Kier molecular flexibility index (Phi) is 7.85. The Morgan fingerprint density at radius 3 is 2.57 bits per heavy atom. The van der Waals surface area contributed by atoms with Crippen LogP contribution in [0.5, 0.6) is 11.5 Å². The minimum absolute atomic E-state index is 0.260. The molecular formula is C24H30FN3O2. The number of benzene rings is 2. The van der Waals surface area contributed by atoms with Crippen molar-refractivity contribution >= 4 is 0 Å². The molecule has 1 aliphatic rings. The monoisotopic (exact) mass is 411 g/mol. The third-order valence-electron chi connectivity index (χ3n) is 4.85. The maximum atomic E-state index is 14.7. The molecule has 0 bridgehead atoms. The first kappa shape index (κ1) is 21.8. The third-order valence-corrected chi connectivity index (χ3v) is 4.85. The Hall–Kier alpha value is -2.86. The number of halogens is 1. The lowest BCUT2D eigenvalue weighted by Crippen LogP contribution is -2.17. The van der Waals surface area contributed by atoms with Crippen molar-refractivity contribution in [3.8, 4) is 22.9 Å². The van der Waals surface area contributed by atoms with Crippen LogP contribution in [0.4, 0.5) is 4.39 Å². The second kappa shape index (κ2) is 10.8. The molecule has 3 aromatic rings. The van der Waals surface area contributed by atoms with Gasteiger partial charge in [0, 0.05) is 25.2 Å². The molecule has 5 nitrogen and oxygen atoms in total. The molecule has 2 heterocycles. The lowest BCUT2D eigenvalue weighted by atomic mass is 10.2. The number of hydrogen-bond donors (Lipinski definition) is 1. The van der Waals surface area contributed by atoms with Gasteiger partial charge in [-0.05, 0) is 24.1 Å². The fourth-order valence-corrected chi connectivity index (χ4v) is 3.37. The third kappa shape index (κ3) is 5.00. The summed E-state index contributed by atoms with van der Waals surface area (Å²) in [7, 11) is 0. The lowest BCUT2D eigenvalue weighted by molar-refractivity contribution is 0.174. The predicted molar refractivity (Wildman–Crippen MR) is 117 cm³/mol. The largest absolute Gasteiger partial charge is 0.454 e. The molecule has 0 atom stereocenters. The van der Waals surface area contributed by atoms with Gasteiger partial charge in [0.1, 0.15) is 5.82 Å². The van der Waals surface area contributed by atoms with E-state index < -0.39 is 5.95 Å². The van der Waals surface area contributed by atoms with Crippen LogP contribution in [-0.4, -0.2) is 16.3 Å². The van der Waals surface area contributed by atoms with Crippen LogP contribution in [0.25, 0.3) is 11.4 Å². The fraction of sp³-hybridized carbons (Fsp3) is 0.375. The first-order valence-corrected chi connectivity index (χ1v) is 10.7. The van der Waals surface area contributed by atoms with Crippen molar-refractivity contribution in [3.63, 3.8) is 0 Å². The van der Waals surface area contributed by atoms with Crippen molar-refractivity contribution in [3.05, 3.63) is 65.7 Å². The standard InChI is InChI=1S/C22H24FN3O2.C2H6/c1-2-3-11-26-18(21(23)25-22(26)17-7-5-4-6-8-17)14-24-13-16-9-10-19-20(12-16)28-15-27-19;1-2/h4-10,12,24H,2-3,11,13-15H2,1H3;1-2H3.